The van der Waals surface area contributed by atoms with Crippen molar-refractivity contribution in [1.82, 2.24) is 0 Å². The van der Waals surface area contributed by atoms with E-state index in [0.717, 1.165) is 12.8 Å². The molecule has 2 aliphatic rings. The molecule has 0 aromatic carbocycles. The van der Waals surface area contributed by atoms with Crippen molar-refractivity contribution in [2.75, 3.05) is 0 Å². The first-order chi connectivity index (χ1) is 5.00. The summed E-state index contributed by atoms with van der Waals surface area (Å²) in [5.41, 5.74) is 0. The molecule has 0 aromatic rings. The monoisotopic (exact) mass is 326 g/mol. The third-order valence-electron chi connectivity index (χ3n) is 1.17. The normalized spacial score (nSPS) is 14.7. The summed E-state index contributed by atoms with van der Waals surface area (Å²) in [6.07, 6.45) is 20.0. The van der Waals surface area contributed by atoms with E-state index >= 15 is 0 Å². The van der Waals surface area contributed by atoms with E-state index in [1.54, 1.807) is 0 Å². The fourth-order valence-electron chi connectivity index (χ4n) is 0.680. The van der Waals surface area contributed by atoms with Gasteiger partial charge in [0.2, 0.25) is 0 Å². The number of allylic oxidation sites excluding steroid dienone is 8. The molecule has 0 fully saturated rings. The molecule has 0 saturated heterocycles. The average Bonchev–Trinajstić information content (AvgIpc) is 2.67. The maximum Gasteiger partial charge on any atom is 4.00 e. The van der Waals surface area contributed by atoms with Crippen LogP contribution in [0.4, 0.5) is 0 Å². The molecule has 0 amide bonds. The van der Waals surface area contributed by atoms with E-state index in [2.05, 4.69) is 24.3 Å². The van der Waals surface area contributed by atoms with E-state index in [4.69, 9.17) is 0 Å². The van der Waals surface area contributed by atoms with Crippen molar-refractivity contribution < 1.29 is 27.3 Å². The van der Waals surface area contributed by atoms with Crippen LogP contribution in [0.5, 0.6) is 0 Å². The molecule has 62 valence electrons. The van der Waals surface area contributed by atoms with Crippen LogP contribution >= 0.6 is 0 Å². The predicted molar refractivity (Wildman–Crippen MR) is 50.7 cm³/mol. The Hall–Kier alpha value is -0.170. The topological polar surface area (TPSA) is 0 Å². The van der Waals surface area contributed by atoms with Gasteiger partial charge in [-0.3, -0.25) is 12.2 Å². The first-order valence-electron chi connectivity index (χ1n) is 3.43. The van der Waals surface area contributed by atoms with E-state index in [-0.39, 0.29) is 34.7 Å². The third kappa shape index (κ3) is 7.93. The van der Waals surface area contributed by atoms with Gasteiger partial charge in [-0.05, 0) is 0 Å². The Bertz CT molecular complexity index is 148. The van der Waals surface area contributed by atoms with Crippen LogP contribution < -0.4 is 0 Å². The molecule has 0 saturated carbocycles. The van der Waals surface area contributed by atoms with Crippen LogP contribution in [0.3, 0.4) is 0 Å². The number of hydrogen-bond donors (Lipinski definition) is 0. The predicted octanol–water partition coefficient (Wildman–Crippen LogP) is 3.17. The van der Waals surface area contributed by atoms with Gasteiger partial charge in [-0.15, -0.1) is 12.8 Å². The number of hydrogen-bond acceptors (Lipinski definition) is 0. The summed E-state index contributed by atoms with van der Waals surface area (Å²) in [7, 11) is 0. The average molecular weight is 325 g/mol. The van der Waals surface area contributed by atoms with Gasteiger partial charge in [0.05, 0.1) is 0 Å². The van der Waals surface area contributed by atoms with Gasteiger partial charge in [-0.2, -0.15) is 12.2 Å². The van der Waals surface area contributed by atoms with E-state index in [0.29, 0.717) is 0 Å². The van der Waals surface area contributed by atoms with Crippen LogP contribution in [-0.2, 0) is 25.8 Å². The van der Waals surface area contributed by atoms with Gasteiger partial charge < -0.3 is 8.85 Å². The van der Waals surface area contributed by atoms with Crippen molar-refractivity contribution >= 4 is 0 Å². The molecule has 12 heavy (non-hydrogen) atoms. The van der Waals surface area contributed by atoms with E-state index in [9.17, 15) is 0 Å². The fraction of sp³-hybridized carbons (Fsp3) is 0.182. The second-order valence-electron chi connectivity index (χ2n) is 2.01. The van der Waals surface area contributed by atoms with Gasteiger partial charge in [0.1, 0.15) is 0 Å². The molecule has 0 atom stereocenters. The Morgan fingerprint density at radius 2 is 1.33 bits per heavy atom. The van der Waals surface area contributed by atoms with Crippen LogP contribution in [0, 0.1) is 19.6 Å². The zero-order valence-electron chi connectivity index (χ0n) is 8.38. The van der Waals surface area contributed by atoms with Crippen molar-refractivity contribution in [2.24, 2.45) is 0 Å². The van der Waals surface area contributed by atoms with Crippen molar-refractivity contribution in [1.29, 1.82) is 0 Å². The Kier molecular flexibility index (Phi) is 13.0. The van der Waals surface area contributed by atoms with Crippen molar-refractivity contribution in [3.8, 4) is 0 Å². The summed E-state index contributed by atoms with van der Waals surface area (Å²) in [4.78, 5) is 0. The largest absolute Gasteiger partial charge is 4.00 e. The summed E-state index contributed by atoms with van der Waals surface area (Å²) in [5.74, 6) is 0. The van der Waals surface area contributed by atoms with Gasteiger partial charge in [0.25, 0.3) is 0 Å². The zero-order valence-corrected chi connectivity index (χ0v) is 11.0. The van der Waals surface area contributed by atoms with E-state index in [1.165, 1.54) is 0 Å². The summed E-state index contributed by atoms with van der Waals surface area (Å²) < 4.78 is 0. The second-order valence-corrected chi connectivity index (χ2v) is 2.01. The summed E-state index contributed by atoms with van der Waals surface area (Å²) >= 11 is 0. The number of rotatable bonds is 0. The second kappa shape index (κ2) is 10.8. The van der Waals surface area contributed by atoms with Gasteiger partial charge >= 0.3 is 25.8 Å². The summed E-state index contributed by atoms with van der Waals surface area (Å²) in [6.45, 7) is 0. The third-order valence-corrected chi connectivity index (χ3v) is 1.17. The standard InChI is InChI=1S/2C5H5.CH3.Hf.H/c2*1-2-4-5-3-1;;;/h2*1-3H,4H2;1H3;;/q3*-1;+4;-1. The molecule has 0 radical (unpaired) electrons. The van der Waals surface area contributed by atoms with Crippen molar-refractivity contribution in [3.05, 3.63) is 56.0 Å². The minimum Gasteiger partial charge on any atom is -1.00 e. The van der Waals surface area contributed by atoms with Crippen molar-refractivity contribution in [3.63, 3.8) is 0 Å². The fourth-order valence-corrected chi connectivity index (χ4v) is 0.680. The molecule has 0 N–H and O–H groups in total. The summed E-state index contributed by atoms with van der Waals surface area (Å²) in [6, 6.07) is 0. The molecule has 0 nitrogen and oxygen atoms in total. The quantitative estimate of drug-likeness (QED) is 0.474. The molecule has 2 aliphatic carbocycles. The Balaban J connectivity index is -0.000000125. The van der Waals surface area contributed by atoms with Gasteiger partial charge in [-0.25, -0.2) is 24.3 Å². The molecule has 0 spiro atoms. The molecule has 0 unspecified atom stereocenters. The SMILES string of the molecule is [C-]1=CC=CC1.[C-]1=CC=CC1.[CH3-].[H-].[Hf+4]. The molecule has 0 bridgehead atoms. The molecule has 1 heteroatoms. The zero-order chi connectivity index (χ0) is 7.07. The Morgan fingerprint density at radius 1 is 0.917 bits per heavy atom. The summed E-state index contributed by atoms with van der Waals surface area (Å²) in [5, 5.41) is 0. The molecule has 0 heterocycles. The molecule has 0 aromatic heterocycles. The Morgan fingerprint density at radius 3 is 1.42 bits per heavy atom. The van der Waals surface area contributed by atoms with Crippen LogP contribution in [0.2, 0.25) is 0 Å². The molecular formula is C11H14Hf. The maximum atomic E-state index is 2.99. The first-order valence-corrected chi connectivity index (χ1v) is 3.43. The maximum absolute atomic E-state index is 2.99. The Labute approximate surface area is 96.0 Å². The van der Waals surface area contributed by atoms with E-state index < -0.39 is 0 Å². The van der Waals surface area contributed by atoms with E-state index in [1.807, 2.05) is 24.3 Å². The van der Waals surface area contributed by atoms with Crippen LogP contribution in [0.1, 0.15) is 14.3 Å². The van der Waals surface area contributed by atoms with Crippen LogP contribution in [0.25, 0.3) is 0 Å². The van der Waals surface area contributed by atoms with Gasteiger partial charge in [0, 0.05) is 0 Å². The smallest absolute Gasteiger partial charge is 1.00 e. The van der Waals surface area contributed by atoms with Crippen LogP contribution in [-0.4, -0.2) is 0 Å². The molecule has 2 rings (SSSR count). The van der Waals surface area contributed by atoms with Gasteiger partial charge in [0.15, 0.2) is 0 Å². The minimum atomic E-state index is 0. The molecule has 0 aliphatic heterocycles. The van der Waals surface area contributed by atoms with Crippen LogP contribution in [0.15, 0.2) is 36.5 Å². The minimum absolute atomic E-state index is 0. The first kappa shape index (κ1) is 14.4. The molecular weight excluding hydrogens is 311 g/mol. The van der Waals surface area contributed by atoms with Gasteiger partial charge in [-0.1, -0.05) is 0 Å². The van der Waals surface area contributed by atoms with Crippen molar-refractivity contribution in [2.45, 2.75) is 12.8 Å².